The second-order valence-corrected chi connectivity index (χ2v) is 10.2. The maximum Gasteiger partial charge on any atom is 0.416 e. The minimum Gasteiger partial charge on any atom is -0.391 e. The van der Waals surface area contributed by atoms with Crippen molar-refractivity contribution < 1.29 is 23.1 Å². The predicted octanol–water partition coefficient (Wildman–Crippen LogP) is 5.27. The summed E-state index contributed by atoms with van der Waals surface area (Å²) < 4.78 is 40.3. The van der Waals surface area contributed by atoms with Gasteiger partial charge in [-0.25, -0.2) is 0 Å². The van der Waals surface area contributed by atoms with Gasteiger partial charge in [-0.3, -0.25) is 9.69 Å². The number of aliphatic imine (C=N–C) groups is 1. The molecule has 2 fully saturated rings. The van der Waals surface area contributed by atoms with E-state index in [1.807, 2.05) is 0 Å². The molecule has 1 saturated carbocycles. The van der Waals surface area contributed by atoms with Crippen molar-refractivity contribution in [3.05, 3.63) is 45.9 Å². The third-order valence-corrected chi connectivity index (χ3v) is 7.48. The molecule has 0 unspecified atom stereocenters. The fourth-order valence-electron chi connectivity index (χ4n) is 4.81. The number of amides is 1. The number of nitrogens with one attached hydrogen (secondary N) is 1. The summed E-state index contributed by atoms with van der Waals surface area (Å²) in [6.45, 7) is 3.34. The van der Waals surface area contributed by atoms with E-state index in [2.05, 4.69) is 21.3 Å². The molecule has 1 saturated heterocycles. The second-order valence-electron chi connectivity index (χ2n) is 9.23. The largest absolute Gasteiger partial charge is 0.416 e. The molecule has 180 valence electrons. The monoisotopic (exact) mass is 481 g/mol. The molecule has 4 rings (SSSR count). The number of hydrogen-bond donors (Lipinski definition) is 2. The highest BCUT2D eigenvalue weighted by Crippen LogP contribution is 2.35. The third-order valence-electron chi connectivity index (χ3n) is 6.67. The highest BCUT2D eigenvalue weighted by Gasteiger charge is 2.34. The minimum atomic E-state index is -4.36. The average Bonchev–Trinajstić information content (AvgIpc) is 3.10. The first kappa shape index (κ1) is 24.3. The van der Waals surface area contributed by atoms with Crippen LogP contribution in [0.5, 0.6) is 0 Å². The SMILES string of the molecule is Cc1ccc(CN2CCC(/C=C3\SC(=O)N=C3N[C@@H]3CCCC[C@H]3O)CC2)c(C(F)(F)F)c1. The fourth-order valence-corrected chi connectivity index (χ4v) is 5.59. The van der Waals surface area contributed by atoms with E-state index in [0.29, 0.717) is 30.1 Å². The number of piperidine rings is 1. The van der Waals surface area contributed by atoms with Gasteiger partial charge in [0.25, 0.3) is 0 Å². The molecule has 9 heteroatoms. The highest BCUT2D eigenvalue weighted by molar-refractivity contribution is 8.18. The summed E-state index contributed by atoms with van der Waals surface area (Å²) >= 11 is 1.10. The van der Waals surface area contributed by atoms with Gasteiger partial charge in [-0.2, -0.15) is 18.2 Å². The molecule has 1 amide bonds. The molecule has 2 atom stereocenters. The number of nitrogens with zero attached hydrogens (tertiary/aromatic N) is 2. The maximum absolute atomic E-state index is 13.4. The molecule has 0 radical (unpaired) electrons. The van der Waals surface area contributed by atoms with Crippen LogP contribution in [0.4, 0.5) is 18.0 Å². The summed E-state index contributed by atoms with van der Waals surface area (Å²) in [6, 6.07) is 4.44. The second kappa shape index (κ2) is 10.2. The van der Waals surface area contributed by atoms with Gasteiger partial charge in [0.05, 0.1) is 22.6 Å². The van der Waals surface area contributed by atoms with Gasteiger partial charge in [0, 0.05) is 6.54 Å². The number of likely N-dealkylation sites (tertiary alicyclic amines) is 1. The number of aliphatic hydroxyl groups is 1. The maximum atomic E-state index is 13.4. The molecule has 1 aromatic carbocycles. The van der Waals surface area contributed by atoms with Crippen LogP contribution in [0.15, 0.2) is 34.2 Å². The molecule has 2 heterocycles. The van der Waals surface area contributed by atoms with Crippen molar-refractivity contribution in [3.8, 4) is 0 Å². The zero-order chi connectivity index (χ0) is 23.6. The fraction of sp³-hybridized carbons (Fsp3) is 0.583. The lowest BCUT2D eigenvalue weighted by Crippen LogP contribution is -2.45. The van der Waals surface area contributed by atoms with Gasteiger partial charge >= 0.3 is 11.4 Å². The number of allylic oxidation sites excluding steroid dienone is 1. The van der Waals surface area contributed by atoms with Crippen LogP contribution in [0.2, 0.25) is 0 Å². The summed E-state index contributed by atoms with van der Waals surface area (Å²) in [7, 11) is 0. The lowest BCUT2D eigenvalue weighted by atomic mass is 9.92. The zero-order valence-corrected chi connectivity index (χ0v) is 19.5. The Hall–Kier alpha value is -1.84. The van der Waals surface area contributed by atoms with E-state index in [1.165, 1.54) is 6.07 Å². The first-order valence-electron chi connectivity index (χ1n) is 11.6. The van der Waals surface area contributed by atoms with Crippen LogP contribution in [0.3, 0.4) is 0 Å². The van der Waals surface area contributed by atoms with Gasteiger partial charge in [-0.1, -0.05) is 36.6 Å². The van der Waals surface area contributed by atoms with Crippen molar-refractivity contribution in [1.29, 1.82) is 0 Å². The Bertz CT molecular complexity index is 939. The van der Waals surface area contributed by atoms with Crippen LogP contribution in [0.1, 0.15) is 55.2 Å². The Labute approximate surface area is 196 Å². The number of thioether (sulfide) groups is 1. The van der Waals surface area contributed by atoms with Crippen molar-refractivity contribution in [1.82, 2.24) is 10.2 Å². The third kappa shape index (κ3) is 6.19. The van der Waals surface area contributed by atoms with E-state index in [-0.39, 0.29) is 23.7 Å². The minimum absolute atomic E-state index is 0.0911. The molecule has 1 aromatic rings. The van der Waals surface area contributed by atoms with Crippen molar-refractivity contribution in [2.24, 2.45) is 10.9 Å². The van der Waals surface area contributed by atoms with E-state index in [4.69, 9.17) is 0 Å². The first-order chi connectivity index (χ1) is 15.7. The van der Waals surface area contributed by atoms with Crippen LogP contribution >= 0.6 is 11.8 Å². The molecule has 0 aromatic heterocycles. The molecule has 0 bridgehead atoms. The molecule has 2 aliphatic heterocycles. The highest BCUT2D eigenvalue weighted by atomic mass is 32.2. The van der Waals surface area contributed by atoms with Gasteiger partial charge in [0.15, 0.2) is 0 Å². The van der Waals surface area contributed by atoms with Crippen molar-refractivity contribution >= 4 is 22.8 Å². The Morgan fingerprint density at radius 3 is 2.64 bits per heavy atom. The zero-order valence-electron chi connectivity index (χ0n) is 18.7. The molecular weight excluding hydrogens is 451 g/mol. The summed E-state index contributed by atoms with van der Waals surface area (Å²) in [5.41, 5.74) is 0.364. The van der Waals surface area contributed by atoms with Crippen molar-refractivity contribution in [2.75, 3.05) is 13.1 Å². The molecule has 33 heavy (non-hydrogen) atoms. The van der Waals surface area contributed by atoms with Crippen LogP contribution in [0, 0.1) is 12.8 Å². The first-order valence-corrected chi connectivity index (χ1v) is 12.4. The van der Waals surface area contributed by atoms with E-state index in [9.17, 15) is 23.1 Å². The van der Waals surface area contributed by atoms with Gasteiger partial charge < -0.3 is 10.4 Å². The predicted molar refractivity (Wildman–Crippen MR) is 124 cm³/mol. The number of aliphatic hydroxyl groups excluding tert-OH is 1. The van der Waals surface area contributed by atoms with E-state index >= 15 is 0 Å². The van der Waals surface area contributed by atoms with Crippen LogP contribution < -0.4 is 5.32 Å². The molecule has 0 spiro atoms. The molecule has 1 aliphatic carbocycles. The quantitative estimate of drug-likeness (QED) is 0.614. The number of carbonyl (C=O) groups excluding carboxylic acids is 1. The number of hydrogen-bond acceptors (Lipinski definition) is 5. The van der Waals surface area contributed by atoms with Gasteiger partial charge in [0.1, 0.15) is 5.84 Å². The van der Waals surface area contributed by atoms with Crippen LogP contribution in [-0.4, -0.2) is 46.3 Å². The van der Waals surface area contributed by atoms with Gasteiger partial charge in [-0.05, 0) is 75.0 Å². The van der Waals surface area contributed by atoms with E-state index in [0.717, 1.165) is 55.2 Å². The Kier molecular flexibility index (Phi) is 7.50. The number of rotatable bonds is 4. The Morgan fingerprint density at radius 2 is 1.94 bits per heavy atom. The van der Waals surface area contributed by atoms with E-state index in [1.54, 1.807) is 19.1 Å². The van der Waals surface area contributed by atoms with Crippen molar-refractivity contribution in [2.45, 2.75) is 70.3 Å². The topological polar surface area (TPSA) is 64.9 Å². The van der Waals surface area contributed by atoms with Crippen LogP contribution in [-0.2, 0) is 12.7 Å². The number of amidine groups is 1. The van der Waals surface area contributed by atoms with Gasteiger partial charge in [0.2, 0.25) is 0 Å². The number of alkyl halides is 3. The average molecular weight is 482 g/mol. The van der Waals surface area contributed by atoms with Crippen LogP contribution in [0.25, 0.3) is 0 Å². The Morgan fingerprint density at radius 1 is 1.21 bits per heavy atom. The summed E-state index contributed by atoms with van der Waals surface area (Å²) in [4.78, 5) is 18.9. The number of benzene rings is 1. The lowest BCUT2D eigenvalue weighted by Gasteiger charge is -2.32. The van der Waals surface area contributed by atoms with E-state index < -0.39 is 17.8 Å². The molecular formula is C24H30F3N3O2S. The number of carbonyl (C=O) groups is 1. The summed E-state index contributed by atoms with van der Waals surface area (Å²) in [6.07, 6.45) is 2.55. The lowest BCUT2D eigenvalue weighted by molar-refractivity contribution is -0.138. The molecule has 5 nitrogen and oxygen atoms in total. The smallest absolute Gasteiger partial charge is 0.391 e. The van der Waals surface area contributed by atoms with Crippen molar-refractivity contribution in [3.63, 3.8) is 0 Å². The standard InChI is InChI=1S/C24H30F3N3O2S/c1-15-6-7-17(18(12-15)24(25,26)27)14-30-10-8-16(9-11-30)13-21-22(29-23(32)33-21)28-19-4-2-3-5-20(19)31/h6-7,12-13,16,19-20,31H,2-5,8-11,14H2,1H3,(H,28,29,32)/b21-13-/t19-,20-/m1/s1. The number of aryl methyl sites for hydroxylation is 1. The Balaban J connectivity index is 1.36. The van der Waals surface area contributed by atoms with Gasteiger partial charge in [-0.15, -0.1) is 0 Å². The summed E-state index contributed by atoms with van der Waals surface area (Å²) in [5, 5.41) is 13.3. The normalized spacial score (nSPS) is 26.6. The molecule has 2 N–H and O–H groups in total. The summed E-state index contributed by atoms with van der Waals surface area (Å²) in [5.74, 6) is 0.783. The number of halogens is 3. The molecule has 3 aliphatic rings.